The lowest BCUT2D eigenvalue weighted by Gasteiger charge is -2.34. The number of rotatable bonds is 3. The number of carbonyl (C=O) groups is 1. The van der Waals surface area contributed by atoms with Gasteiger partial charge in [0, 0.05) is 34.9 Å². The molecule has 1 aliphatic carbocycles. The zero-order valence-electron chi connectivity index (χ0n) is 23.8. The second-order valence-electron chi connectivity index (χ2n) is 11.3. The molecular formula is C30H26BrF3N8O2. The van der Waals surface area contributed by atoms with Crippen molar-refractivity contribution in [3.05, 3.63) is 91.5 Å². The molecule has 1 atom stereocenters. The predicted octanol–water partition coefficient (Wildman–Crippen LogP) is 4.95. The molecule has 10 nitrogen and oxygen atoms in total. The molecule has 1 aliphatic heterocycles. The number of pyridine rings is 1. The maximum atomic E-state index is 14.3. The topological polar surface area (TPSA) is 104 Å². The summed E-state index contributed by atoms with van der Waals surface area (Å²) >= 11 is 2.93. The third kappa shape index (κ3) is 4.71. The third-order valence-corrected chi connectivity index (χ3v) is 9.05. The summed E-state index contributed by atoms with van der Waals surface area (Å²) < 4.78 is 45.5. The average Bonchev–Trinajstić information content (AvgIpc) is 3.59. The highest BCUT2D eigenvalue weighted by atomic mass is 79.9. The summed E-state index contributed by atoms with van der Waals surface area (Å²) in [5.74, 6) is -0.335. The van der Waals surface area contributed by atoms with Crippen LogP contribution in [0.15, 0.2) is 52.3 Å². The Balaban J connectivity index is 1.35. The molecule has 0 N–H and O–H groups in total. The molecule has 5 heterocycles. The first kappa shape index (κ1) is 28.4. The molecule has 4 aromatic heterocycles. The Morgan fingerprint density at radius 1 is 1.09 bits per heavy atom. The number of carbonyl (C=O) groups excluding carboxylic acids is 1. The van der Waals surface area contributed by atoms with Crippen LogP contribution in [0.5, 0.6) is 0 Å². The molecule has 0 fully saturated rings. The van der Waals surface area contributed by atoms with Gasteiger partial charge in [-0.3, -0.25) is 9.59 Å². The van der Waals surface area contributed by atoms with Crippen molar-refractivity contribution in [1.82, 2.24) is 38.8 Å². The minimum atomic E-state index is -4.63. The van der Waals surface area contributed by atoms with Crippen LogP contribution in [0.2, 0.25) is 0 Å². The first-order valence-corrected chi connectivity index (χ1v) is 15.0. The van der Waals surface area contributed by atoms with Crippen molar-refractivity contribution in [2.24, 2.45) is 7.05 Å². The Bertz CT molecular complexity index is 2010. The van der Waals surface area contributed by atoms with Crippen molar-refractivity contribution < 1.29 is 18.0 Å². The Hall–Kier alpha value is -4.33. The molecule has 1 aromatic carbocycles. The van der Waals surface area contributed by atoms with Gasteiger partial charge in [0.05, 0.1) is 41.7 Å². The van der Waals surface area contributed by atoms with Crippen molar-refractivity contribution in [3.63, 3.8) is 0 Å². The molecule has 1 amide bonds. The second-order valence-corrected chi connectivity index (χ2v) is 12.2. The lowest BCUT2D eigenvalue weighted by molar-refractivity contribution is -0.138. The molecule has 226 valence electrons. The van der Waals surface area contributed by atoms with Gasteiger partial charge in [-0.05, 0) is 68.9 Å². The zero-order valence-corrected chi connectivity index (χ0v) is 25.4. The molecule has 0 saturated carbocycles. The molecule has 44 heavy (non-hydrogen) atoms. The Labute approximate surface area is 257 Å². The third-order valence-electron chi connectivity index (χ3n) is 8.36. The van der Waals surface area contributed by atoms with E-state index in [-0.39, 0.29) is 34.5 Å². The fourth-order valence-electron chi connectivity index (χ4n) is 6.05. The quantitative estimate of drug-likeness (QED) is 0.270. The summed E-state index contributed by atoms with van der Waals surface area (Å²) in [5.41, 5.74) is 3.24. The van der Waals surface area contributed by atoms with E-state index in [2.05, 4.69) is 25.9 Å². The highest BCUT2D eigenvalue weighted by Crippen LogP contribution is 2.36. The number of fused-ring (bicyclic) bond motifs is 3. The van der Waals surface area contributed by atoms with E-state index in [0.29, 0.717) is 28.1 Å². The summed E-state index contributed by atoms with van der Waals surface area (Å²) in [7, 11) is 1.83. The van der Waals surface area contributed by atoms with Crippen LogP contribution in [-0.4, -0.2) is 50.7 Å². The minimum absolute atomic E-state index is 0.0473. The molecule has 0 saturated heterocycles. The van der Waals surface area contributed by atoms with Crippen LogP contribution in [0.1, 0.15) is 58.2 Å². The summed E-state index contributed by atoms with van der Waals surface area (Å²) in [5, 5.41) is 4.78. The number of nitrogens with zero attached hydrogens (tertiary/aromatic N) is 8. The maximum Gasteiger partial charge on any atom is 0.417 e. The number of halogens is 4. The van der Waals surface area contributed by atoms with Crippen molar-refractivity contribution >= 4 is 33.0 Å². The number of hydrogen-bond acceptors (Lipinski definition) is 6. The summed E-state index contributed by atoms with van der Waals surface area (Å²) in [6.07, 6.45) is 4.44. The molecule has 0 spiro atoms. The van der Waals surface area contributed by atoms with Crippen LogP contribution < -0.4 is 5.56 Å². The molecule has 0 radical (unpaired) electrons. The van der Waals surface area contributed by atoms with Gasteiger partial charge in [-0.2, -0.15) is 18.3 Å². The molecule has 0 bridgehead atoms. The van der Waals surface area contributed by atoms with E-state index < -0.39 is 23.7 Å². The van der Waals surface area contributed by atoms with Crippen LogP contribution in [0.4, 0.5) is 13.2 Å². The predicted molar refractivity (Wildman–Crippen MR) is 158 cm³/mol. The lowest BCUT2D eigenvalue weighted by Crippen LogP contribution is -2.46. The molecule has 5 aromatic rings. The number of amides is 1. The normalized spacial score (nSPS) is 16.7. The van der Waals surface area contributed by atoms with Crippen LogP contribution in [0.25, 0.3) is 22.8 Å². The van der Waals surface area contributed by atoms with E-state index in [4.69, 9.17) is 10.1 Å². The monoisotopic (exact) mass is 666 g/mol. The van der Waals surface area contributed by atoms with E-state index in [1.807, 2.05) is 13.2 Å². The Morgan fingerprint density at radius 3 is 2.66 bits per heavy atom. The van der Waals surface area contributed by atoms with Gasteiger partial charge < -0.3 is 9.47 Å². The summed E-state index contributed by atoms with van der Waals surface area (Å²) in [6.45, 7) is 1.72. The smallest absolute Gasteiger partial charge is 0.330 e. The Kier molecular flexibility index (Phi) is 6.72. The standard InChI is InChI=1S/C30H26BrF3N8O2/c1-16-9-20-25(14-40(16)27(43)17-7-8-22(31)21(10-17)30(32,33)34)37-29(41-13-18-5-3-4-6-23(18)38-41)42(28(20)44)19-11-24-26(35-12-19)39(2)15-36-24/h7-8,10-13,15-16H,3-6,9,14H2,1-2H3/t16-/m1/s1. The number of benzene rings is 1. The largest absolute Gasteiger partial charge is 0.417 e. The number of imidazole rings is 1. The van der Waals surface area contributed by atoms with Gasteiger partial charge in [0.25, 0.3) is 11.5 Å². The fourth-order valence-corrected chi connectivity index (χ4v) is 6.52. The van der Waals surface area contributed by atoms with Gasteiger partial charge in [-0.1, -0.05) is 15.9 Å². The number of aryl methyl sites for hydroxylation is 3. The van der Waals surface area contributed by atoms with E-state index >= 15 is 0 Å². The highest BCUT2D eigenvalue weighted by molar-refractivity contribution is 9.10. The van der Waals surface area contributed by atoms with E-state index in [0.717, 1.165) is 43.0 Å². The van der Waals surface area contributed by atoms with Gasteiger partial charge in [0.2, 0.25) is 5.95 Å². The zero-order chi connectivity index (χ0) is 30.9. The maximum absolute atomic E-state index is 14.3. The average molecular weight is 667 g/mol. The first-order valence-electron chi connectivity index (χ1n) is 14.2. The van der Waals surface area contributed by atoms with Gasteiger partial charge in [0.15, 0.2) is 5.65 Å². The van der Waals surface area contributed by atoms with Crippen molar-refractivity contribution in [1.29, 1.82) is 0 Å². The van der Waals surface area contributed by atoms with Gasteiger partial charge in [0.1, 0.15) is 5.52 Å². The molecule has 7 rings (SSSR count). The van der Waals surface area contributed by atoms with E-state index in [1.165, 1.54) is 21.6 Å². The first-order chi connectivity index (χ1) is 21.0. The second kappa shape index (κ2) is 10.4. The van der Waals surface area contributed by atoms with Crippen molar-refractivity contribution in [3.8, 4) is 11.6 Å². The minimum Gasteiger partial charge on any atom is -0.330 e. The van der Waals surface area contributed by atoms with E-state index in [1.54, 1.807) is 34.8 Å². The molecule has 2 aliphatic rings. The van der Waals surface area contributed by atoms with Crippen molar-refractivity contribution in [2.45, 2.75) is 57.8 Å². The highest BCUT2D eigenvalue weighted by Gasteiger charge is 2.36. The van der Waals surface area contributed by atoms with E-state index in [9.17, 15) is 22.8 Å². The summed E-state index contributed by atoms with van der Waals surface area (Å²) in [4.78, 5) is 43.2. The SMILES string of the molecule is C[C@@H]1Cc2c(nc(-n3cc4c(n3)CCCC4)n(-c3cnc4c(c3)ncn4C)c2=O)CN1C(=O)c1ccc(Br)c(C(F)(F)F)c1. The molecular weight excluding hydrogens is 641 g/mol. The van der Waals surface area contributed by atoms with Crippen LogP contribution in [0.3, 0.4) is 0 Å². The van der Waals surface area contributed by atoms with Gasteiger partial charge in [-0.25, -0.2) is 24.2 Å². The number of alkyl halides is 3. The van der Waals surface area contributed by atoms with Crippen LogP contribution in [-0.2, 0) is 39.0 Å². The molecule has 0 unspecified atom stereocenters. The summed E-state index contributed by atoms with van der Waals surface area (Å²) in [6, 6.07) is 4.73. The fraction of sp³-hybridized carbons (Fsp3) is 0.333. The van der Waals surface area contributed by atoms with Gasteiger partial charge in [-0.15, -0.1) is 0 Å². The number of aromatic nitrogens is 7. The van der Waals surface area contributed by atoms with Crippen LogP contribution in [0, 0.1) is 0 Å². The Morgan fingerprint density at radius 2 is 1.89 bits per heavy atom. The number of hydrogen-bond donors (Lipinski definition) is 0. The van der Waals surface area contributed by atoms with Crippen molar-refractivity contribution in [2.75, 3.05) is 0 Å². The van der Waals surface area contributed by atoms with Gasteiger partial charge >= 0.3 is 6.18 Å². The molecule has 14 heteroatoms. The van der Waals surface area contributed by atoms with Crippen LogP contribution >= 0.6 is 15.9 Å². The lowest BCUT2D eigenvalue weighted by atomic mass is 9.98.